The van der Waals surface area contributed by atoms with Crippen molar-refractivity contribution in [3.05, 3.63) is 34.8 Å². The summed E-state index contributed by atoms with van der Waals surface area (Å²) in [6, 6.07) is 7.31. The van der Waals surface area contributed by atoms with Crippen molar-refractivity contribution in [1.82, 2.24) is 0 Å². The van der Waals surface area contributed by atoms with Crippen LogP contribution >= 0.6 is 0 Å². The first-order valence-corrected chi connectivity index (χ1v) is 3.59. The maximum Gasteiger partial charge on any atom is 0.313 e. The molecule has 60 valence electrons. The number of benzene rings is 1. The van der Waals surface area contributed by atoms with Crippen LogP contribution in [-0.2, 0) is 9.53 Å². The number of hydrogen-bond donors (Lipinski definition) is 0. The highest BCUT2D eigenvalue weighted by Crippen LogP contribution is 1.99. The fraction of sp³-hybridized carbons (Fsp3) is 0.111. The minimum atomic E-state index is -0.293. The van der Waals surface area contributed by atoms with Gasteiger partial charge >= 0.3 is 5.91 Å². The third-order valence-corrected chi connectivity index (χ3v) is 1.77. The van der Waals surface area contributed by atoms with Crippen molar-refractivity contribution in [2.75, 3.05) is 7.11 Å². The molecule has 0 aliphatic carbocycles. The minimum absolute atomic E-state index is 0.293. The molecule has 0 unspecified atom stereocenters. The normalized spacial score (nSPS) is 14.1. The largest absolute Gasteiger partial charge is 0.491 e. The summed E-state index contributed by atoms with van der Waals surface area (Å²) in [5.41, 5.74) is 0. The second-order valence-corrected chi connectivity index (χ2v) is 2.47. The summed E-state index contributed by atoms with van der Waals surface area (Å²) in [5, 5.41) is 1.48. The van der Waals surface area contributed by atoms with Gasteiger partial charge in [0, 0.05) is 5.22 Å². The zero-order valence-corrected chi connectivity index (χ0v) is 6.57. The number of rotatable bonds is 1. The van der Waals surface area contributed by atoms with Crippen LogP contribution in [0.5, 0.6) is 0 Å². The van der Waals surface area contributed by atoms with Crippen molar-refractivity contribution in [2.45, 2.75) is 0 Å². The lowest BCUT2D eigenvalue weighted by atomic mass is 10.3. The van der Waals surface area contributed by atoms with Gasteiger partial charge in [-0.25, -0.2) is 4.99 Å². The summed E-state index contributed by atoms with van der Waals surface area (Å²) < 4.78 is 4.92. The number of fused-ring (bicyclic) bond motifs is 1. The maximum atomic E-state index is 11.1. The van der Waals surface area contributed by atoms with E-state index in [-0.39, 0.29) is 5.91 Å². The summed E-state index contributed by atoms with van der Waals surface area (Å²) in [5.74, 6) is 0.0456. The van der Waals surface area contributed by atoms with Crippen molar-refractivity contribution in [1.29, 1.82) is 0 Å². The zero-order chi connectivity index (χ0) is 8.55. The van der Waals surface area contributed by atoms with Crippen LogP contribution < -0.4 is 10.6 Å². The zero-order valence-electron chi connectivity index (χ0n) is 6.57. The van der Waals surface area contributed by atoms with Gasteiger partial charge in [0.25, 0.3) is 0 Å². The van der Waals surface area contributed by atoms with Crippen molar-refractivity contribution < 1.29 is 9.53 Å². The molecule has 0 aromatic heterocycles. The number of amides is 1. The summed E-state index contributed by atoms with van der Waals surface area (Å²) in [6.07, 6.45) is 0. The Morgan fingerprint density at radius 2 is 2.08 bits per heavy atom. The topological polar surface area (TPSA) is 38.7 Å². The first-order valence-electron chi connectivity index (χ1n) is 3.59. The molecule has 3 nitrogen and oxygen atoms in total. The number of para-hydroxylation sites is 1. The Balaban J connectivity index is 2.88. The second-order valence-electron chi connectivity index (χ2n) is 2.47. The van der Waals surface area contributed by atoms with Crippen LogP contribution in [0.4, 0.5) is 0 Å². The number of carbonyl (C=O) groups excluding carboxylic acids is 1. The Morgan fingerprint density at radius 3 is 2.83 bits per heavy atom. The fourth-order valence-electron chi connectivity index (χ4n) is 1.24. The molecule has 12 heavy (non-hydrogen) atoms. The van der Waals surface area contributed by atoms with Gasteiger partial charge in [0.05, 0.1) is 12.5 Å². The van der Waals surface area contributed by atoms with Crippen LogP contribution in [0.3, 0.4) is 0 Å². The van der Waals surface area contributed by atoms with Crippen LogP contribution in [0.2, 0.25) is 0 Å². The second kappa shape index (κ2) is 2.44. The Kier molecular flexibility index (Phi) is 1.43. The van der Waals surface area contributed by atoms with Crippen molar-refractivity contribution in [2.24, 2.45) is 4.99 Å². The molecule has 1 aromatic carbocycles. The molecule has 0 N–H and O–H groups in total. The molecule has 0 spiro atoms. The van der Waals surface area contributed by atoms with Gasteiger partial charge in [-0.2, -0.15) is 0 Å². The van der Waals surface area contributed by atoms with Crippen LogP contribution in [0, 0.1) is 0 Å². The highest BCUT2D eigenvalue weighted by Gasteiger charge is 2.15. The minimum Gasteiger partial charge on any atom is -0.491 e. The molecule has 2 rings (SSSR count). The average molecular weight is 161 g/mol. The van der Waals surface area contributed by atoms with E-state index < -0.39 is 0 Å². The molecular weight excluding hydrogens is 154 g/mol. The summed E-state index contributed by atoms with van der Waals surface area (Å²) in [4.78, 5) is 14.9. The highest BCUT2D eigenvalue weighted by atomic mass is 16.5. The van der Waals surface area contributed by atoms with Crippen LogP contribution in [0.25, 0.3) is 5.76 Å². The number of nitrogens with zero attached hydrogens (tertiary/aromatic N) is 1. The van der Waals surface area contributed by atoms with Crippen LogP contribution in [0.15, 0.2) is 29.3 Å². The van der Waals surface area contributed by atoms with E-state index in [0.717, 1.165) is 5.22 Å². The van der Waals surface area contributed by atoms with Gasteiger partial charge in [-0.3, -0.25) is 4.79 Å². The van der Waals surface area contributed by atoms with Crippen molar-refractivity contribution in [3.63, 3.8) is 0 Å². The predicted molar refractivity (Wildman–Crippen MR) is 42.6 cm³/mol. The fourth-order valence-corrected chi connectivity index (χ4v) is 1.24. The van der Waals surface area contributed by atoms with Gasteiger partial charge in [-0.05, 0) is 12.1 Å². The Labute approximate surface area is 69.0 Å². The van der Waals surface area contributed by atoms with Gasteiger partial charge in [-0.1, -0.05) is 12.1 Å². The third-order valence-electron chi connectivity index (χ3n) is 1.77. The monoisotopic (exact) mass is 161 g/mol. The summed E-state index contributed by atoms with van der Waals surface area (Å²) in [7, 11) is 1.48. The van der Waals surface area contributed by atoms with E-state index >= 15 is 0 Å². The predicted octanol–water partition coefficient (Wildman–Crippen LogP) is -0.399. The van der Waals surface area contributed by atoms with Crippen molar-refractivity contribution in [3.8, 4) is 0 Å². The molecule has 0 bridgehead atoms. The number of ether oxygens (including phenoxy) is 1. The standard InChI is InChI=1S/C9H7NO2/c1-12-8-6-4-2-3-5-7(6)10-9(8)11/h2-5H,1H3. The first-order chi connectivity index (χ1) is 5.83. The third kappa shape index (κ3) is 0.830. The lowest BCUT2D eigenvalue weighted by molar-refractivity contribution is -0.114. The molecule has 1 aliphatic rings. The molecule has 0 atom stereocenters. The molecule has 3 heteroatoms. The molecule has 0 radical (unpaired) electrons. The molecule has 1 amide bonds. The molecule has 0 saturated heterocycles. The number of hydrogen-bond acceptors (Lipinski definition) is 2. The van der Waals surface area contributed by atoms with E-state index in [4.69, 9.17) is 4.74 Å². The van der Waals surface area contributed by atoms with E-state index in [2.05, 4.69) is 4.99 Å². The molecular formula is C9H7NO2. The molecule has 1 aromatic rings. The molecule has 0 saturated carbocycles. The van der Waals surface area contributed by atoms with Gasteiger partial charge < -0.3 is 4.74 Å². The molecule has 0 fully saturated rings. The average Bonchev–Trinajstić information content (AvgIpc) is 2.40. The Hall–Kier alpha value is -1.64. The maximum absolute atomic E-state index is 11.1. The van der Waals surface area contributed by atoms with E-state index in [1.165, 1.54) is 7.11 Å². The quantitative estimate of drug-likeness (QED) is 0.562. The molecule has 1 aliphatic heterocycles. The summed E-state index contributed by atoms with van der Waals surface area (Å²) in [6.45, 7) is 0. The van der Waals surface area contributed by atoms with Gasteiger partial charge in [0.15, 0.2) is 5.76 Å². The van der Waals surface area contributed by atoms with Crippen LogP contribution in [-0.4, -0.2) is 13.0 Å². The smallest absolute Gasteiger partial charge is 0.313 e. The number of carbonyl (C=O) groups is 1. The SMILES string of the molecule is COC1=c2ccccc2=NC1=O. The lowest BCUT2D eigenvalue weighted by Crippen LogP contribution is -2.22. The van der Waals surface area contributed by atoms with Crippen LogP contribution in [0.1, 0.15) is 0 Å². The van der Waals surface area contributed by atoms with E-state index in [0.29, 0.717) is 11.1 Å². The molecule has 1 heterocycles. The first kappa shape index (κ1) is 7.03. The van der Waals surface area contributed by atoms with E-state index in [1.54, 1.807) is 6.07 Å². The highest BCUT2D eigenvalue weighted by molar-refractivity contribution is 6.12. The van der Waals surface area contributed by atoms with E-state index in [1.807, 2.05) is 18.2 Å². The number of methoxy groups -OCH3 is 1. The van der Waals surface area contributed by atoms with E-state index in [9.17, 15) is 4.79 Å². The lowest BCUT2D eigenvalue weighted by Gasteiger charge is -1.94. The van der Waals surface area contributed by atoms with Gasteiger partial charge in [0.2, 0.25) is 0 Å². The Bertz CT molecular complexity index is 448. The van der Waals surface area contributed by atoms with Gasteiger partial charge in [0.1, 0.15) is 0 Å². The van der Waals surface area contributed by atoms with Gasteiger partial charge in [-0.15, -0.1) is 0 Å². The Morgan fingerprint density at radius 1 is 1.33 bits per heavy atom. The van der Waals surface area contributed by atoms with Crippen molar-refractivity contribution >= 4 is 11.7 Å². The summed E-state index contributed by atoms with van der Waals surface area (Å²) >= 11 is 0.